The van der Waals surface area contributed by atoms with E-state index < -0.39 is 13.7 Å². The molecule has 5 heteroatoms. The summed E-state index contributed by atoms with van der Waals surface area (Å²) >= 11 is 0. The van der Waals surface area contributed by atoms with Crippen molar-refractivity contribution in [2.45, 2.75) is 123 Å². The normalized spacial score (nSPS) is 15.1. The van der Waals surface area contributed by atoms with Crippen LogP contribution in [0.4, 0.5) is 0 Å². The van der Waals surface area contributed by atoms with Crippen LogP contribution in [0.1, 0.15) is 117 Å². The van der Waals surface area contributed by atoms with Crippen LogP contribution in [0, 0.1) is 0 Å². The molecule has 158 valence electrons. The van der Waals surface area contributed by atoms with E-state index in [4.69, 9.17) is 9.63 Å². The van der Waals surface area contributed by atoms with Gasteiger partial charge in [-0.25, -0.2) is 0 Å². The van der Waals surface area contributed by atoms with Crippen molar-refractivity contribution < 1.29 is 19.1 Å². The number of unbranched alkanes of at least 4 members (excludes halogenated alkanes) is 15. The van der Waals surface area contributed by atoms with Crippen molar-refractivity contribution in [2.75, 3.05) is 12.8 Å². The summed E-state index contributed by atoms with van der Waals surface area (Å²) in [6, 6.07) is 0. The molecule has 2 N–H and O–H groups in total. The molecular weight excluding hydrogens is 347 g/mol. The van der Waals surface area contributed by atoms with Crippen molar-refractivity contribution in [1.82, 2.24) is 0 Å². The van der Waals surface area contributed by atoms with Crippen LogP contribution in [0.15, 0.2) is 0 Å². The third-order valence-corrected chi connectivity index (χ3v) is 6.25. The van der Waals surface area contributed by atoms with Gasteiger partial charge >= 0.3 is 7.60 Å². The summed E-state index contributed by atoms with van der Waals surface area (Å²) in [6.07, 6.45) is 20.1. The Morgan fingerprint density at radius 1 is 0.731 bits per heavy atom. The standard InChI is InChI=1S/C21H45O4P/c1-3-4-5-6-7-8-9-10-11-12-13-14-15-16-17-18-19-26(23,24)25-20-21(2)22/h21-22H,3-20H2,1-2H3,(H,23,24). The largest absolute Gasteiger partial charge is 0.391 e. The third-order valence-electron chi connectivity index (χ3n) is 4.81. The van der Waals surface area contributed by atoms with Crippen LogP contribution >= 0.6 is 7.60 Å². The minimum absolute atomic E-state index is 0.0629. The lowest BCUT2D eigenvalue weighted by Gasteiger charge is -2.13. The van der Waals surface area contributed by atoms with Crippen molar-refractivity contribution in [1.29, 1.82) is 0 Å². The molecule has 0 radical (unpaired) electrons. The quantitative estimate of drug-likeness (QED) is 0.176. The fourth-order valence-corrected chi connectivity index (χ4v) is 4.35. The van der Waals surface area contributed by atoms with Gasteiger partial charge < -0.3 is 14.5 Å². The zero-order valence-corrected chi connectivity index (χ0v) is 18.4. The van der Waals surface area contributed by atoms with Gasteiger partial charge in [-0.2, -0.15) is 0 Å². The van der Waals surface area contributed by atoms with Crippen LogP contribution in [0.3, 0.4) is 0 Å². The molecule has 0 aromatic rings. The molecule has 2 unspecified atom stereocenters. The molecule has 0 saturated carbocycles. The van der Waals surface area contributed by atoms with Gasteiger partial charge in [-0.15, -0.1) is 0 Å². The Labute approximate surface area is 162 Å². The Bertz CT molecular complexity index is 334. The van der Waals surface area contributed by atoms with Gasteiger partial charge in [-0.05, 0) is 13.3 Å². The predicted molar refractivity (Wildman–Crippen MR) is 112 cm³/mol. The molecule has 26 heavy (non-hydrogen) atoms. The van der Waals surface area contributed by atoms with Gasteiger partial charge in [0.15, 0.2) is 0 Å². The van der Waals surface area contributed by atoms with Gasteiger partial charge in [0.05, 0.1) is 12.7 Å². The van der Waals surface area contributed by atoms with Gasteiger partial charge in [0, 0.05) is 6.16 Å². The SMILES string of the molecule is CCCCCCCCCCCCCCCCCCP(=O)(O)OCC(C)O. The summed E-state index contributed by atoms with van der Waals surface area (Å²) in [5, 5.41) is 9.07. The van der Waals surface area contributed by atoms with Gasteiger partial charge in [-0.3, -0.25) is 4.57 Å². The van der Waals surface area contributed by atoms with Crippen LogP contribution in [-0.4, -0.2) is 28.9 Å². The molecule has 0 aliphatic heterocycles. The highest BCUT2D eigenvalue weighted by molar-refractivity contribution is 7.52. The van der Waals surface area contributed by atoms with E-state index in [0.717, 1.165) is 19.3 Å². The van der Waals surface area contributed by atoms with Crippen LogP contribution in [-0.2, 0) is 9.09 Å². The summed E-state index contributed by atoms with van der Waals surface area (Å²) in [5.41, 5.74) is 0. The highest BCUT2D eigenvalue weighted by Crippen LogP contribution is 2.42. The number of rotatable bonds is 20. The smallest absolute Gasteiger partial charge is 0.328 e. The van der Waals surface area contributed by atoms with Gasteiger partial charge in [0.1, 0.15) is 0 Å². The number of hydrogen-bond acceptors (Lipinski definition) is 3. The molecule has 0 spiro atoms. The molecule has 0 rings (SSSR count). The van der Waals surface area contributed by atoms with Gasteiger partial charge in [0.25, 0.3) is 0 Å². The van der Waals surface area contributed by atoms with E-state index >= 15 is 0 Å². The maximum Gasteiger partial charge on any atom is 0.328 e. The molecule has 0 saturated heterocycles. The second-order valence-corrected chi connectivity index (χ2v) is 9.79. The molecular formula is C21H45O4P. The first-order valence-electron chi connectivity index (χ1n) is 11.1. The fraction of sp³-hybridized carbons (Fsp3) is 1.00. The lowest BCUT2D eigenvalue weighted by molar-refractivity contribution is 0.113. The first-order valence-corrected chi connectivity index (χ1v) is 12.9. The zero-order chi connectivity index (χ0) is 19.5. The molecule has 0 bridgehead atoms. The highest BCUT2D eigenvalue weighted by atomic mass is 31.2. The molecule has 2 atom stereocenters. The Balaban J connectivity index is 3.21. The molecule has 0 heterocycles. The van der Waals surface area contributed by atoms with Crippen LogP contribution in [0.25, 0.3) is 0 Å². The number of aliphatic hydroxyl groups is 1. The van der Waals surface area contributed by atoms with Gasteiger partial charge in [0.2, 0.25) is 0 Å². The topological polar surface area (TPSA) is 66.8 Å². The maximum absolute atomic E-state index is 11.7. The van der Waals surface area contributed by atoms with Crippen LogP contribution in [0.2, 0.25) is 0 Å². The van der Waals surface area contributed by atoms with E-state index in [1.807, 2.05) is 0 Å². The first kappa shape index (κ1) is 26.1. The molecule has 0 aromatic carbocycles. The Hall–Kier alpha value is 0.110. The van der Waals surface area contributed by atoms with Crippen molar-refractivity contribution in [3.63, 3.8) is 0 Å². The molecule has 0 fully saturated rings. The monoisotopic (exact) mass is 392 g/mol. The highest BCUT2D eigenvalue weighted by Gasteiger charge is 2.19. The summed E-state index contributed by atoms with van der Waals surface area (Å²) < 4.78 is 16.6. The van der Waals surface area contributed by atoms with E-state index in [2.05, 4.69) is 6.92 Å². The van der Waals surface area contributed by atoms with Crippen LogP contribution in [0.5, 0.6) is 0 Å². The van der Waals surface area contributed by atoms with E-state index in [0.29, 0.717) is 0 Å². The minimum Gasteiger partial charge on any atom is -0.391 e. The minimum atomic E-state index is -3.49. The van der Waals surface area contributed by atoms with Gasteiger partial charge in [-0.1, -0.05) is 103 Å². The third kappa shape index (κ3) is 20.4. The predicted octanol–water partition coefficient (Wildman–Crippen LogP) is 6.83. The lowest BCUT2D eigenvalue weighted by Crippen LogP contribution is -2.10. The Morgan fingerprint density at radius 3 is 1.42 bits per heavy atom. The average Bonchev–Trinajstić information content (AvgIpc) is 2.60. The van der Waals surface area contributed by atoms with E-state index in [9.17, 15) is 9.46 Å². The summed E-state index contributed by atoms with van der Waals surface area (Å²) in [7, 11) is -3.49. The molecule has 4 nitrogen and oxygen atoms in total. The second kappa shape index (κ2) is 18.5. The Kier molecular flexibility index (Phi) is 18.6. The molecule has 0 amide bonds. The van der Waals surface area contributed by atoms with Crippen LogP contribution < -0.4 is 0 Å². The van der Waals surface area contributed by atoms with Crippen molar-refractivity contribution in [3.05, 3.63) is 0 Å². The summed E-state index contributed by atoms with van der Waals surface area (Å²) in [6.45, 7) is 3.75. The summed E-state index contributed by atoms with van der Waals surface area (Å²) in [5.74, 6) is 0. The van der Waals surface area contributed by atoms with Crippen molar-refractivity contribution in [2.24, 2.45) is 0 Å². The number of hydrogen-bond donors (Lipinski definition) is 2. The lowest BCUT2D eigenvalue weighted by atomic mass is 10.0. The first-order chi connectivity index (χ1) is 12.5. The Morgan fingerprint density at radius 2 is 1.08 bits per heavy atom. The second-order valence-electron chi connectivity index (χ2n) is 7.81. The van der Waals surface area contributed by atoms with E-state index in [1.54, 1.807) is 6.92 Å². The van der Waals surface area contributed by atoms with E-state index in [1.165, 1.54) is 83.5 Å². The molecule has 0 aliphatic rings. The molecule has 0 aromatic heterocycles. The summed E-state index contributed by atoms with van der Waals surface area (Å²) in [4.78, 5) is 9.60. The average molecular weight is 393 g/mol. The molecule has 0 aliphatic carbocycles. The fourth-order valence-electron chi connectivity index (χ4n) is 3.15. The van der Waals surface area contributed by atoms with Crippen molar-refractivity contribution >= 4 is 7.60 Å². The number of aliphatic hydroxyl groups excluding tert-OH is 1. The van der Waals surface area contributed by atoms with Crippen molar-refractivity contribution in [3.8, 4) is 0 Å². The zero-order valence-electron chi connectivity index (χ0n) is 17.5. The van der Waals surface area contributed by atoms with E-state index in [-0.39, 0.29) is 12.8 Å². The maximum atomic E-state index is 11.7.